The van der Waals surface area contributed by atoms with Gasteiger partial charge in [0.15, 0.2) is 5.16 Å². The van der Waals surface area contributed by atoms with Crippen molar-refractivity contribution in [2.24, 2.45) is 0 Å². The Morgan fingerprint density at radius 1 is 0.903 bits per heavy atom. The number of imidazole rings is 1. The highest BCUT2D eigenvalue weighted by Gasteiger charge is 2.14. The molecule has 0 fully saturated rings. The van der Waals surface area contributed by atoms with Crippen LogP contribution in [0.3, 0.4) is 0 Å². The van der Waals surface area contributed by atoms with Gasteiger partial charge in [-0.05, 0) is 42.8 Å². The van der Waals surface area contributed by atoms with Crippen LogP contribution in [0.4, 0.5) is 0 Å². The number of para-hydroxylation sites is 3. The van der Waals surface area contributed by atoms with Crippen molar-refractivity contribution in [1.82, 2.24) is 23.8 Å². The first-order chi connectivity index (χ1) is 15.2. The summed E-state index contributed by atoms with van der Waals surface area (Å²) in [5.74, 6) is 0.534. The van der Waals surface area contributed by atoms with Gasteiger partial charge in [-0.3, -0.25) is 13.6 Å². The maximum absolute atomic E-state index is 12.6. The van der Waals surface area contributed by atoms with Gasteiger partial charge in [0, 0.05) is 23.4 Å². The van der Waals surface area contributed by atoms with Gasteiger partial charge < -0.3 is 0 Å². The second kappa shape index (κ2) is 6.92. The van der Waals surface area contributed by atoms with Crippen LogP contribution in [0, 0.1) is 6.92 Å². The van der Waals surface area contributed by atoms with Crippen LogP contribution in [-0.4, -0.2) is 23.8 Å². The molecule has 150 valence electrons. The van der Waals surface area contributed by atoms with E-state index in [1.165, 1.54) is 0 Å². The van der Waals surface area contributed by atoms with Gasteiger partial charge in [0.25, 0.3) is 5.56 Å². The van der Waals surface area contributed by atoms with E-state index in [1.807, 2.05) is 67.7 Å². The van der Waals surface area contributed by atoms with Gasteiger partial charge in [0.2, 0.25) is 0 Å². The van der Waals surface area contributed by atoms with Crippen molar-refractivity contribution in [3.63, 3.8) is 0 Å². The third kappa shape index (κ3) is 2.97. The zero-order valence-corrected chi connectivity index (χ0v) is 17.5. The molecular weight excluding hydrogens is 406 g/mol. The minimum Gasteiger partial charge on any atom is -0.271 e. The van der Waals surface area contributed by atoms with Crippen molar-refractivity contribution in [3.8, 4) is 0 Å². The van der Waals surface area contributed by atoms with Crippen molar-refractivity contribution in [3.05, 3.63) is 94.5 Å². The van der Waals surface area contributed by atoms with Gasteiger partial charge in [-0.15, -0.1) is 0 Å². The molecule has 4 aromatic heterocycles. The van der Waals surface area contributed by atoms with Gasteiger partial charge in [0.05, 0.1) is 22.2 Å². The fourth-order valence-corrected chi connectivity index (χ4v) is 4.78. The lowest BCUT2D eigenvalue weighted by molar-refractivity contribution is 0.948. The van der Waals surface area contributed by atoms with Crippen LogP contribution < -0.4 is 5.56 Å². The molecule has 6 aromatic rings. The topological polar surface area (TPSA) is 64.6 Å². The van der Waals surface area contributed by atoms with Crippen LogP contribution in [0.2, 0.25) is 0 Å². The predicted octanol–water partition coefficient (Wildman–Crippen LogP) is 4.64. The van der Waals surface area contributed by atoms with Crippen molar-refractivity contribution < 1.29 is 0 Å². The average molecular weight is 424 g/mol. The zero-order valence-electron chi connectivity index (χ0n) is 16.7. The number of thioether (sulfide) groups is 1. The molecule has 31 heavy (non-hydrogen) atoms. The van der Waals surface area contributed by atoms with E-state index in [0.717, 1.165) is 44.0 Å². The van der Waals surface area contributed by atoms with Gasteiger partial charge in [0.1, 0.15) is 11.3 Å². The Hall–Kier alpha value is -3.71. The molecule has 0 aliphatic carbocycles. The summed E-state index contributed by atoms with van der Waals surface area (Å²) >= 11 is 1.56. The Kier molecular flexibility index (Phi) is 4.04. The second-order valence-corrected chi connectivity index (χ2v) is 8.42. The van der Waals surface area contributed by atoms with E-state index < -0.39 is 0 Å². The Bertz CT molecular complexity index is 1690. The minimum absolute atomic E-state index is 0.0750. The summed E-state index contributed by atoms with van der Waals surface area (Å²) in [5, 5.41) is 1.84. The molecular formula is C24H17N5OS. The summed E-state index contributed by atoms with van der Waals surface area (Å²) in [7, 11) is 0. The standard InChI is InChI=1S/C24H17N5OS/c1-15-10-11-21-25-16(12-22(30)28(21)13-15)14-31-24-27-18-7-3-2-6-17(18)23-26-19-8-4-5-9-20(19)29(23)24/h2-13H,14H2,1H3. The highest BCUT2D eigenvalue weighted by Crippen LogP contribution is 2.30. The first-order valence-corrected chi connectivity index (χ1v) is 10.9. The molecule has 2 aromatic carbocycles. The van der Waals surface area contributed by atoms with Crippen LogP contribution in [-0.2, 0) is 5.75 Å². The fraction of sp³-hybridized carbons (Fsp3) is 0.0833. The van der Waals surface area contributed by atoms with Crippen molar-refractivity contribution in [2.75, 3.05) is 0 Å². The molecule has 0 unspecified atom stereocenters. The van der Waals surface area contributed by atoms with Crippen LogP contribution >= 0.6 is 11.8 Å². The summed E-state index contributed by atoms with van der Waals surface area (Å²) in [4.78, 5) is 27.0. The average Bonchev–Trinajstić information content (AvgIpc) is 3.18. The van der Waals surface area contributed by atoms with Gasteiger partial charge in [-0.25, -0.2) is 15.0 Å². The van der Waals surface area contributed by atoms with E-state index in [0.29, 0.717) is 11.4 Å². The third-order valence-corrected chi connectivity index (χ3v) is 6.29. The fourth-order valence-electron chi connectivity index (χ4n) is 3.88. The lowest BCUT2D eigenvalue weighted by Gasteiger charge is -2.09. The number of pyridine rings is 1. The minimum atomic E-state index is -0.0750. The number of rotatable bonds is 3. The molecule has 0 atom stereocenters. The van der Waals surface area contributed by atoms with Gasteiger partial charge in [-0.1, -0.05) is 42.1 Å². The molecule has 0 saturated carbocycles. The molecule has 4 heterocycles. The summed E-state index contributed by atoms with van der Waals surface area (Å²) < 4.78 is 3.68. The SMILES string of the molecule is Cc1ccc2nc(CSc3nc4ccccc4c4nc5ccccc5n34)cc(=O)n2c1. The maximum atomic E-state index is 12.6. The molecule has 7 heteroatoms. The number of hydrogen-bond acceptors (Lipinski definition) is 5. The number of hydrogen-bond donors (Lipinski definition) is 0. The Balaban J connectivity index is 1.49. The van der Waals surface area contributed by atoms with Crippen molar-refractivity contribution >= 4 is 45.0 Å². The van der Waals surface area contributed by atoms with E-state index in [4.69, 9.17) is 9.97 Å². The molecule has 0 spiro atoms. The summed E-state index contributed by atoms with van der Waals surface area (Å²) in [5.41, 5.74) is 6.05. The molecule has 0 amide bonds. The van der Waals surface area contributed by atoms with Crippen LogP contribution in [0.1, 0.15) is 11.3 Å². The molecule has 0 N–H and O–H groups in total. The molecule has 0 radical (unpaired) electrons. The van der Waals surface area contributed by atoms with Crippen molar-refractivity contribution in [1.29, 1.82) is 0 Å². The monoisotopic (exact) mass is 423 g/mol. The van der Waals surface area contributed by atoms with E-state index >= 15 is 0 Å². The van der Waals surface area contributed by atoms with Crippen LogP contribution in [0.15, 0.2) is 82.9 Å². The third-order valence-electron chi connectivity index (χ3n) is 5.32. The molecule has 6 nitrogen and oxygen atoms in total. The number of aryl methyl sites for hydroxylation is 1. The summed E-state index contributed by atoms with van der Waals surface area (Å²) in [6.07, 6.45) is 1.81. The van der Waals surface area contributed by atoms with Crippen molar-refractivity contribution in [2.45, 2.75) is 17.8 Å². The quantitative estimate of drug-likeness (QED) is 0.306. The Morgan fingerprint density at radius 3 is 2.61 bits per heavy atom. The predicted molar refractivity (Wildman–Crippen MR) is 124 cm³/mol. The molecule has 0 aliphatic heterocycles. The Morgan fingerprint density at radius 2 is 1.71 bits per heavy atom. The van der Waals surface area contributed by atoms with E-state index in [2.05, 4.69) is 15.5 Å². The summed E-state index contributed by atoms with van der Waals surface area (Å²) in [6.45, 7) is 1.96. The highest BCUT2D eigenvalue weighted by atomic mass is 32.2. The molecule has 0 bridgehead atoms. The number of nitrogens with zero attached hydrogens (tertiary/aromatic N) is 5. The van der Waals surface area contributed by atoms with Crippen LogP contribution in [0.5, 0.6) is 0 Å². The first kappa shape index (κ1) is 18.1. The maximum Gasteiger partial charge on any atom is 0.258 e. The van der Waals surface area contributed by atoms with Crippen LogP contribution in [0.25, 0.3) is 33.2 Å². The number of benzene rings is 2. The second-order valence-electron chi connectivity index (χ2n) is 7.48. The number of aromatic nitrogens is 5. The largest absolute Gasteiger partial charge is 0.271 e. The molecule has 0 saturated heterocycles. The smallest absolute Gasteiger partial charge is 0.258 e. The van der Waals surface area contributed by atoms with E-state index in [9.17, 15) is 4.79 Å². The molecule has 0 aliphatic rings. The van der Waals surface area contributed by atoms with E-state index in [1.54, 1.807) is 22.2 Å². The zero-order chi connectivity index (χ0) is 20.9. The Labute approximate surface area is 181 Å². The first-order valence-electron chi connectivity index (χ1n) is 9.95. The lowest BCUT2D eigenvalue weighted by Crippen LogP contribution is -2.15. The van der Waals surface area contributed by atoms with E-state index in [-0.39, 0.29) is 5.56 Å². The number of fused-ring (bicyclic) bond motifs is 6. The molecule has 6 rings (SSSR count). The van der Waals surface area contributed by atoms with Gasteiger partial charge >= 0.3 is 0 Å². The normalized spacial score (nSPS) is 11.8. The summed E-state index contributed by atoms with van der Waals surface area (Å²) in [6, 6.07) is 21.5. The highest BCUT2D eigenvalue weighted by molar-refractivity contribution is 7.98. The lowest BCUT2D eigenvalue weighted by atomic mass is 10.2. The van der Waals surface area contributed by atoms with Gasteiger partial charge in [-0.2, -0.15) is 0 Å².